The van der Waals surface area contributed by atoms with Crippen molar-refractivity contribution < 1.29 is 14.6 Å². The lowest BCUT2D eigenvalue weighted by Crippen LogP contribution is -2.23. The van der Waals surface area contributed by atoms with E-state index < -0.39 is 6.10 Å². The summed E-state index contributed by atoms with van der Waals surface area (Å²) < 4.78 is 10.9. The third kappa shape index (κ3) is 1.94. The molecule has 3 nitrogen and oxygen atoms in total. The van der Waals surface area contributed by atoms with Gasteiger partial charge in [0.15, 0.2) is 0 Å². The van der Waals surface area contributed by atoms with Crippen molar-refractivity contribution in [3.63, 3.8) is 0 Å². The van der Waals surface area contributed by atoms with E-state index in [1.807, 2.05) is 24.3 Å². The number of fused-ring (bicyclic) bond motifs is 2. The van der Waals surface area contributed by atoms with E-state index in [1.165, 1.54) is 0 Å². The summed E-state index contributed by atoms with van der Waals surface area (Å²) >= 11 is 0. The lowest BCUT2D eigenvalue weighted by molar-refractivity contribution is 0.0422. The van der Waals surface area contributed by atoms with Gasteiger partial charge in [-0.1, -0.05) is 12.1 Å². The molecule has 3 rings (SSSR count). The van der Waals surface area contributed by atoms with Gasteiger partial charge in [0, 0.05) is 5.92 Å². The first-order chi connectivity index (χ1) is 8.28. The molecule has 0 spiro atoms. The van der Waals surface area contributed by atoms with Gasteiger partial charge >= 0.3 is 0 Å². The Hall–Kier alpha value is -1.06. The van der Waals surface area contributed by atoms with Gasteiger partial charge in [-0.05, 0) is 37.0 Å². The molecule has 1 N–H and O–H groups in total. The summed E-state index contributed by atoms with van der Waals surface area (Å²) in [5, 5.41) is 10.4. The van der Waals surface area contributed by atoms with Crippen molar-refractivity contribution in [1.29, 1.82) is 0 Å². The van der Waals surface area contributed by atoms with Crippen LogP contribution in [0.25, 0.3) is 0 Å². The van der Waals surface area contributed by atoms with Gasteiger partial charge in [0.2, 0.25) is 0 Å². The summed E-state index contributed by atoms with van der Waals surface area (Å²) in [6.07, 6.45) is 3.50. The largest absolute Gasteiger partial charge is 0.497 e. The summed E-state index contributed by atoms with van der Waals surface area (Å²) in [5.74, 6) is 1.09. The summed E-state index contributed by atoms with van der Waals surface area (Å²) in [4.78, 5) is 0. The predicted octanol–water partition coefficient (Wildman–Crippen LogP) is 2.30. The Bertz CT molecular complexity index is 387. The number of methoxy groups -OCH3 is 1. The van der Waals surface area contributed by atoms with Crippen molar-refractivity contribution >= 4 is 0 Å². The van der Waals surface area contributed by atoms with Crippen LogP contribution in [-0.2, 0) is 4.74 Å². The van der Waals surface area contributed by atoms with Gasteiger partial charge in [0.05, 0.1) is 25.4 Å². The van der Waals surface area contributed by atoms with E-state index in [9.17, 15) is 5.11 Å². The highest BCUT2D eigenvalue weighted by Crippen LogP contribution is 2.44. The zero-order valence-corrected chi connectivity index (χ0v) is 10.0. The quantitative estimate of drug-likeness (QED) is 0.872. The number of benzene rings is 1. The average molecular weight is 234 g/mol. The lowest BCUT2D eigenvalue weighted by atomic mass is 9.83. The summed E-state index contributed by atoms with van der Waals surface area (Å²) in [6, 6.07) is 7.67. The first kappa shape index (κ1) is 11.1. The van der Waals surface area contributed by atoms with Crippen molar-refractivity contribution in [3.05, 3.63) is 29.8 Å². The monoisotopic (exact) mass is 234 g/mol. The van der Waals surface area contributed by atoms with Crippen molar-refractivity contribution in [2.24, 2.45) is 5.92 Å². The van der Waals surface area contributed by atoms with Crippen LogP contribution < -0.4 is 4.74 Å². The smallest absolute Gasteiger partial charge is 0.118 e. The van der Waals surface area contributed by atoms with Crippen LogP contribution in [-0.4, -0.2) is 24.4 Å². The van der Waals surface area contributed by atoms with Gasteiger partial charge in [0.25, 0.3) is 0 Å². The molecule has 2 aliphatic heterocycles. The van der Waals surface area contributed by atoms with Crippen LogP contribution in [0, 0.1) is 5.92 Å². The second-order valence-corrected chi connectivity index (χ2v) is 4.99. The predicted molar refractivity (Wildman–Crippen MR) is 64.0 cm³/mol. The summed E-state index contributed by atoms with van der Waals surface area (Å²) in [5.41, 5.74) is 0.965. The minimum absolute atomic E-state index is 0.261. The molecule has 2 aliphatic rings. The third-order valence-corrected chi connectivity index (χ3v) is 4.02. The zero-order chi connectivity index (χ0) is 11.8. The third-order valence-electron chi connectivity index (χ3n) is 4.02. The molecule has 0 aliphatic carbocycles. The van der Waals surface area contributed by atoms with Gasteiger partial charge in [-0.2, -0.15) is 0 Å². The molecule has 4 unspecified atom stereocenters. The zero-order valence-electron chi connectivity index (χ0n) is 10.0. The molecular formula is C14H18O3. The Morgan fingerprint density at radius 2 is 2.06 bits per heavy atom. The number of rotatable bonds is 3. The molecule has 2 heterocycles. The maximum absolute atomic E-state index is 10.4. The second kappa shape index (κ2) is 4.31. The Balaban J connectivity index is 1.74. The van der Waals surface area contributed by atoms with Crippen LogP contribution in [0.5, 0.6) is 5.75 Å². The maximum atomic E-state index is 10.4. The van der Waals surface area contributed by atoms with E-state index >= 15 is 0 Å². The second-order valence-electron chi connectivity index (χ2n) is 4.99. The van der Waals surface area contributed by atoms with Crippen LogP contribution in [0.4, 0.5) is 0 Å². The Labute approximate surface area is 101 Å². The van der Waals surface area contributed by atoms with Gasteiger partial charge in [-0.25, -0.2) is 0 Å². The topological polar surface area (TPSA) is 38.7 Å². The molecule has 0 aromatic heterocycles. The highest BCUT2D eigenvalue weighted by molar-refractivity contribution is 5.29. The van der Waals surface area contributed by atoms with Crippen molar-refractivity contribution in [1.82, 2.24) is 0 Å². The fourth-order valence-corrected chi connectivity index (χ4v) is 3.06. The molecule has 0 radical (unpaired) electrons. The maximum Gasteiger partial charge on any atom is 0.118 e. The van der Waals surface area contributed by atoms with E-state index in [-0.39, 0.29) is 12.0 Å². The number of aliphatic hydroxyl groups excluding tert-OH is 1. The molecule has 92 valence electrons. The van der Waals surface area contributed by atoms with E-state index in [2.05, 4.69) is 0 Å². The molecular weight excluding hydrogens is 216 g/mol. The van der Waals surface area contributed by atoms with Gasteiger partial charge in [0.1, 0.15) is 5.75 Å². The Kier molecular flexibility index (Phi) is 2.81. The molecule has 0 saturated carbocycles. The van der Waals surface area contributed by atoms with Crippen molar-refractivity contribution in [2.75, 3.05) is 7.11 Å². The molecule has 1 aromatic rings. The molecule has 3 heteroatoms. The number of ether oxygens (including phenoxy) is 2. The van der Waals surface area contributed by atoms with E-state index in [0.717, 1.165) is 30.6 Å². The van der Waals surface area contributed by atoms with E-state index in [4.69, 9.17) is 9.47 Å². The number of hydrogen-bond acceptors (Lipinski definition) is 3. The van der Waals surface area contributed by atoms with E-state index in [0.29, 0.717) is 6.10 Å². The molecule has 17 heavy (non-hydrogen) atoms. The standard InChI is InChI=1S/C14H18O3/c1-16-10-4-2-9(3-5-10)14(15)12-8-11-6-7-13(12)17-11/h2-5,11-15H,6-8H2,1H3. The molecule has 2 saturated heterocycles. The van der Waals surface area contributed by atoms with Crippen LogP contribution in [0.15, 0.2) is 24.3 Å². The Morgan fingerprint density at radius 3 is 2.59 bits per heavy atom. The number of aliphatic hydroxyl groups is 1. The SMILES string of the molecule is COc1ccc(C(O)C2CC3CCC2O3)cc1. The normalized spacial score (nSPS) is 32.7. The summed E-state index contributed by atoms with van der Waals surface area (Å²) in [7, 11) is 1.65. The minimum Gasteiger partial charge on any atom is -0.497 e. The first-order valence-corrected chi connectivity index (χ1v) is 6.25. The fourth-order valence-electron chi connectivity index (χ4n) is 3.06. The van der Waals surface area contributed by atoms with Gasteiger partial charge < -0.3 is 14.6 Å². The molecule has 2 bridgehead atoms. The van der Waals surface area contributed by atoms with Crippen molar-refractivity contribution in [3.8, 4) is 5.75 Å². The number of hydrogen-bond donors (Lipinski definition) is 1. The molecule has 0 amide bonds. The van der Waals surface area contributed by atoms with Crippen LogP contribution in [0.2, 0.25) is 0 Å². The Morgan fingerprint density at radius 1 is 1.29 bits per heavy atom. The minimum atomic E-state index is -0.406. The lowest BCUT2D eigenvalue weighted by Gasteiger charge is -2.24. The summed E-state index contributed by atoms with van der Waals surface area (Å²) in [6.45, 7) is 0. The van der Waals surface area contributed by atoms with Crippen LogP contribution in [0.1, 0.15) is 30.9 Å². The van der Waals surface area contributed by atoms with Crippen LogP contribution in [0.3, 0.4) is 0 Å². The first-order valence-electron chi connectivity index (χ1n) is 6.25. The highest BCUT2D eigenvalue weighted by Gasteiger charge is 2.44. The molecule has 2 fully saturated rings. The van der Waals surface area contributed by atoms with Gasteiger partial charge in [-0.15, -0.1) is 0 Å². The van der Waals surface area contributed by atoms with Crippen molar-refractivity contribution in [2.45, 2.75) is 37.6 Å². The van der Waals surface area contributed by atoms with E-state index in [1.54, 1.807) is 7.11 Å². The average Bonchev–Trinajstić information content (AvgIpc) is 3.00. The fraction of sp³-hybridized carbons (Fsp3) is 0.571. The molecule has 4 atom stereocenters. The highest BCUT2D eigenvalue weighted by atomic mass is 16.5. The van der Waals surface area contributed by atoms with Gasteiger partial charge in [-0.3, -0.25) is 0 Å². The van der Waals surface area contributed by atoms with Crippen LogP contribution >= 0.6 is 0 Å². The molecule has 1 aromatic carbocycles.